The van der Waals surface area contributed by atoms with Gasteiger partial charge in [-0.2, -0.15) is 10.2 Å². The number of nitrogens with zero attached hydrogens (tertiary/aromatic N) is 3. The van der Waals surface area contributed by atoms with Crippen molar-refractivity contribution >= 4 is 5.65 Å². The van der Waals surface area contributed by atoms with Crippen molar-refractivity contribution in [3.05, 3.63) is 70.3 Å². The Balaban J connectivity index is 2.39. The van der Waals surface area contributed by atoms with E-state index in [9.17, 15) is 10.1 Å². The molecule has 3 rings (SSSR count). The molecule has 0 saturated heterocycles. The fraction of sp³-hybridized carbons (Fsp3) is 0.0625. The highest BCUT2D eigenvalue weighted by Gasteiger charge is 2.09. The molecular weight excluding hydrogens is 250 g/mol. The molecule has 0 unspecified atom stereocenters. The van der Waals surface area contributed by atoms with E-state index in [-0.39, 0.29) is 5.56 Å². The van der Waals surface area contributed by atoms with E-state index in [2.05, 4.69) is 11.1 Å². The lowest BCUT2D eigenvalue weighted by atomic mass is 10.0. The molecule has 0 fully saturated rings. The zero-order chi connectivity index (χ0) is 14.1. The third-order valence-electron chi connectivity index (χ3n) is 3.21. The van der Waals surface area contributed by atoms with Crippen molar-refractivity contribution in [2.75, 3.05) is 0 Å². The zero-order valence-electron chi connectivity index (χ0n) is 10.9. The monoisotopic (exact) mass is 261 g/mol. The SMILES string of the molecule is Cc1cc(=O)nc2cc(C#N)c(-c3ccccc3)cn12. The van der Waals surface area contributed by atoms with Crippen LogP contribution in [-0.2, 0) is 0 Å². The second kappa shape index (κ2) is 4.63. The number of aromatic nitrogens is 2. The molecule has 0 amide bonds. The number of benzene rings is 1. The minimum atomic E-state index is -0.293. The fourth-order valence-corrected chi connectivity index (χ4v) is 2.24. The molecule has 4 heteroatoms. The normalized spacial score (nSPS) is 10.4. The van der Waals surface area contributed by atoms with Crippen molar-refractivity contribution in [2.24, 2.45) is 0 Å². The van der Waals surface area contributed by atoms with Gasteiger partial charge >= 0.3 is 0 Å². The van der Waals surface area contributed by atoms with Crippen LogP contribution in [0.25, 0.3) is 16.8 Å². The standard InChI is InChI=1S/C16H11N3O/c1-11-7-16(20)18-15-8-13(9-17)14(10-19(11)15)12-5-3-2-4-6-12/h2-8,10H,1H3. The second-order valence-corrected chi connectivity index (χ2v) is 4.54. The van der Waals surface area contributed by atoms with E-state index in [4.69, 9.17) is 0 Å². The molecule has 0 saturated carbocycles. The number of hydrogen-bond acceptors (Lipinski definition) is 3. The van der Waals surface area contributed by atoms with Gasteiger partial charge in [-0.1, -0.05) is 30.3 Å². The van der Waals surface area contributed by atoms with Crippen molar-refractivity contribution in [3.63, 3.8) is 0 Å². The Kier molecular flexibility index (Phi) is 2.81. The molecule has 0 N–H and O–H groups in total. The highest BCUT2D eigenvalue weighted by Crippen LogP contribution is 2.24. The Morgan fingerprint density at radius 1 is 1.20 bits per heavy atom. The van der Waals surface area contributed by atoms with Crippen molar-refractivity contribution in [1.29, 1.82) is 5.26 Å². The minimum absolute atomic E-state index is 0.293. The number of hydrogen-bond donors (Lipinski definition) is 0. The van der Waals surface area contributed by atoms with E-state index in [0.29, 0.717) is 11.2 Å². The highest BCUT2D eigenvalue weighted by molar-refractivity contribution is 5.72. The van der Waals surface area contributed by atoms with Crippen molar-refractivity contribution in [2.45, 2.75) is 6.92 Å². The average Bonchev–Trinajstić information content (AvgIpc) is 2.46. The molecule has 3 aromatic rings. The summed E-state index contributed by atoms with van der Waals surface area (Å²) in [7, 11) is 0. The van der Waals surface area contributed by atoms with E-state index >= 15 is 0 Å². The molecule has 0 aliphatic carbocycles. The molecule has 1 aromatic carbocycles. The zero-order valence-corrected chi connectivity index (χ0v) is 10.9. The van der Waals surface area contributed by atoms with Crippen molar-refractivity contribution in [3.8, 4) is 17.2 Å². The summed E-state index contributed by atoms with van der Waals surface area (Å²) in [6, 6.07) is 15.0. The Morgan fingerprint density at radius 2 is 1.95 bits per heavy atom. The van der Waals surface area contributed by atoms with Gasteiger partial charge in [0.05, 0.1) is 11.6 Å². The molecule has 0 bridgehead atoms. The first-order valence-electron chi connectivity index (χ1n) is 6.18. The molecule has 4 nitrogen and oxygen atoms in total. The number of nitriles is 1. The third-order valence-corrected chi connectivity index (χ3v) is 3.21. The van der Waals surface area contributed by atoms with Gasteiger partial charge in [-0.15, -0.1) is 0 Å². The van der Waals surface area contributed by atoms with Gasteiger partial charge in [0.2, 0.25) is 0 Å². The number of rotatable bonds is 1. The maximum absolute atomic E-state index is 11.5. The third kappa shape index (κ3) is 1.95. The van der Waals surface area contributed by atoms with Gasteiger partial charge in [-0.05, 0) is 18.6 Å². The number of aryl methyl sites for hydroxylation is 1. The Hall–Kier alpha value is -2.93. The molecule has 0 radical (unpaired) electrons. The summed E-state index contributed by atoms with van der Waals surface area (Å²) < 4.78 is 1.82. The van der Waals surface area contributed by atoms with Crippen molar-refractivity contribution < 1.29 is 0 Å². The van der Waals surface area contributed by atoms with Gasteiger partial charge in [-0.25, -0.2) is 0 Å². The van der Waals surface area contributed by atoms with Gasteiger partial charge in [0, 0.05) is 23.5 Å². The summed E-state index contributed by atoms with van der Waals surface area (Å²) in [4.78, 5) is 15.4. The van der Waals surface area contributed by atoms with Crippen LogP contribution in [0.5, 0.6) is 0 Å². The maximum Gasteiger partial charge on any atom is 0.273 e. The predicted molar refractivity (Wildman–Crippen MR) is 76.4 cm³/mol. The summed E-state index contributed by atoms with van der Waals surface area (Å²) >= 11 is 0. The molecular formula is C16H11N3O. The second-order valence-electron chi connectivity index (χ2n) is 4.54. The molecule has 20 heavy (non-hydrogen) atoms. The van der Waals surface area contributed by atoms with Gasteiger partial charge < -0.3 is 4.40 Å². The van der Waals surface area contributed by atoms with Crippen LogP contribution in [0.2, 0.25) is 0 Å². The van der Waals surface area contributed by atoms with Gasteiger partial charge in [0.25, 0.3) is 5.56 Å². The van der Waals surface area contributed by atoms with E-state index in [0.717, 1.165) is 16.8 Å². The van der Waals surface area contributed by atoms with Crippen molar-refractivity contribution in [1.82, 2.24) is 9.38 Å². The van der Waals surface area contributed by atoms with Crippen LogP contribution in [0.4, 0.5) is 0 Å². The van der Waals surface area contributed by atoms with Crippen LogP contribution in [0.15, 0.2) is 53.5 Å². The molecule has 0 aliphatic rings. The predicted octanol–water partition coefficient (Wildman–Crippen LogP) is 2.54. The lowest BCUT2D eigenvalue weighted by Gasteiger charge is -2.09. The Bertz CT molecular complexity index is 889. The summed E-state index contributed by atoms with van der Waals surface area (Å²) in [6.07, 6.45) is 1.85. The van der Waals surface area contributed by atoms with E-state index in [1.165, 1.54) is 6.07 Å². The molecule has 96 valence electrons. The van der Waals surface area contributed by atoms with Crippen LogP contribution in [-0.4, -0.2) is 9.38 Å². The van der Waals surface area contributed by atoms with E-state index < -0.39 is 0 Å². The Morgan fingerprint density at radius 3 is 2.65 bits per heavy atom. The minimum Gasteiger partial charge on any atom is -0.305 e. The Labute approximate surface area is 115 Å². The largest absolute Gasteiger partial charge is 0.305 e. The first-order chi connectivity index (χ1) is 9.69. The molecule has 0 aliphatic heterocycles. The van der Waals surface area contributed by atoms with Crippen LogP contribution in [0, 0.1) is 18.3 Å². The van der Waals surface area contributed by atoms with E-state index in [1.807, 2.05) is 47.9 Å². The lowest BCUT2D eigenvalue weighted by molar-refractivity contribution is 1.01. The summed E-state index contributed by atoms with van der Waals surface area (Å²) in [5.41, 5.74) is 3.29. The quantitative estimate of drug-likeness (QED) is 0.676. The molecule has 0 spiro atoms. The summed E-state index contributed by atoms with van der Waals surface area (Å²) in [6.45, 7) is 1.84. The van der Waals surface area contributed by atoms with Crippen LogP contribution in [0.1, 0.15) is 11.3 Å². The number of fused-ring (bicyclic) bond motifs is 1. The molecule has 2 heterocycles. The lowest BCUT2D eigenvalue weighted by Crippen LogP contribution is -2.10. The topological polar surface area (TPSA) is 58.2 Å². The van der Waals surface area contributed by atoms with Crippen LogP contribution < -0.4 is 5.56 Å². The molecule has 2 aromatic heterocycles. The molecule has 0 atom stereocenters. The fourth-order valence-electron chi connectivity index (χ4n) is 2.24. The summed E-state index contributed by atoms with van der Waals surface area (Å²) in [5, 5.41) is 9.31. The van der Waals surface area contributed by atoms with Crippen LogP contribution >= 0.6 is 0 Å². The van der Waals surface area contributed by atoms with Gasteiger partial charge in [-0.3, -0.25) is 4.79 Å². The average molecular weight is 261 g/mol. The number of pyridine rings is 1. The van der Waals surface area contributed by atoms with E-state index in [1.54, 1.807) is 6.07 Å². The highest BCUT2D eigenvalue weighted by atomic mass is 16.1. The smallest absolute Gasteiger partial charge is 0.273 e. The van der Waals surface area contributed by atoms with Gasteiger partial charge in [0.1, 0.15) is 5.65 Å². The summed E-state index contributed by atoms with van der Waals surface area (Å²) in [5.74, 6) is 0. The maximum atomic E-state index is 11.5. The first-order valence-corrected chi connectivity index (χ1v) is 6.18. The van der Waals surface area contributed by atoms with Crippen LogP contribution in [0.3, 0.4) is 0 Å². The first kappa shape index (κ1) is 12.1. The van der Waals surface area contributed by atoms with Gasteiger partial charge in [0.15, 0.2) is 0 Å².